The summed E-state index contributed by atoms with van der Waals surface area (Å²) in [6, 6.07) is 12.5. The second-order valence-electron chi connectivity index (χ2n) is 6.81. The van der Waals surface area contributed by atoms with E-state index in [0.717, 1.165) is 16.7 Å². The molecule has 0 N–H and O–H groups in total. The first-order valence-electron chi connectivity index (χ1n) is 9.18. The normalized spacial score (nSPS) is 13.3. The highest BCUT2D eigenvalue weighted by Gasteiger charge is 2.28. The summed E-state index contributed by atoms with van der Waals surface area (Å²) in [5.41, 5.74) is 3.79. The SMILES string of the molecule is CCS(=O)(=O)N1CCc2cc(C(=O)COC(=O)Cc3ccc(C)cc3)ccc21. The Morgan fingerprint density at radius 2 is 1.82 bits per heavy atom. The molecule has 3 rings (SSSR count). The lowest BCUT2D eigenvalue weighted by atomic mass is 10.1. The zero-order chi connectivity index (χ0) is 20.3. The van der Waals surface area contributed by atoms with E-state index >= 15 is 0 Å². The number of hydrogen-bond acceptors (Lipinski definition) is 5. The van der Waals surface area contributed by atoms with E-state index in [1.165, 1.54) is 4.31 Å². The number of anilines is 1. The Hall–Kier alpha value is -2.67. The monoisotopic (exact) mass is 401 g/mol. The Morgan fingerprint density at radius 1 is 1.11 bits per heavy atom. The van der Waals surface area contributed by atoms with Crippen LogP contribution in [0, 0.1) is 6.92 Å². The molecule has 0 bridgehead atoms. The first-order chi connectivity index (χ1) is 13.3. The van der Waals surface area contributed by atoms with Crippen molar-refractivity contribution in [3.8, 4) is 0 Å². The standard InChI is InChI=1S/C21H23NO5S/c1-3-28(25,26)22-11-10-17-13-18(8-9-19(17)22)20(23)14-27-21(24)12-16-6-4-15(2)5-7-16/h4-9,13H,3,10-12,14H2,1-2H3. The molecule has 0 spiro atoms. The van der Waals surface area contributed by atoms with Gasteiger partial charge in [0.25, 0.3) is 0 Å². The Labute approximate surface area is 165 Å². The Balaban J connectivity index is 1.61. The number of carbonyl (C=O) groups excluding carboxylic acids is 2. The van der Waals surface area contributed by atoms with Crippen LogP contribution in [0.25, 0.3) is 0 Å². The topological polar surface area (TPSA) is 80.8 Å². The Morgan fingerprint density at radius 3 is 2.50 bits per heavy atom. The van der Waals surface area contributed by atoms with Crippen molar-refractivity contribution >= 4 is 27.5 Å². The van der Waals surface area contributed by atoms with Gasteiger partial charge in [-0.3, -0.25) is 13.9 Å². The van der Waals surface area contributed by atoms with Gasteiger partial charge in [-0.05, 0) is 49.6 Å². The van der Waals surface area contributed by atoms with E-state index in [-0.39, 0.29) is 24.6 Å². The van der Waals surface area contributed by atoms with Crippen LogP contribution in [0.15, 0.2) is 42.5 Å². The van der Waals surface area contributed by atoms with E-state index in [9.17, 15) is 18.0 Å². The summed E-state index contributed by atoms with van der Waals surface area (Å²) >= 11 is 0. The van der Waals surface area contributed by atoms with Gasteiger partial charge in [-0.1, -0.05) is 29.8 Å². The predicted molar refractivity (Wildman–Crippen MR) is 107 cm³/mol. The number of aryl methyl sites for hydroxylation is 1. The maximum atomic E-state index is 12.4. The van der Waals surface area contributed by atoms with E-state index in [2.05, 4.69) is 0 Å². The molecule has 1 aliphatic rings. The lowest BCUT2D eigenvalue weighted by Gasteiger charge is -2.18. The van der Waals surface area contributed by atoms with Crippen LogP contribution in [0.4, 0.5) is 5.69 Å². The molecule has 0 saturated heterocycles. The van der Waals surface area contributed by atoms with Crippen molar-refractivity contribution in [1.29, 1.82) is 0 Å². The van der Waals surface area contributed by atoms with Gasteiger partial charge < -0.3 is 4.74 Å². The van der Waals surface area contributed by atoms with Gasteiger partial charge in [-0.2, -0.15) is 0 Å². The van der Waals surface area contributed by atoms with Gasteiger partial charge in [0.15, 0.2) is 12.4 Å². The van der Waals surface area contributed by atoms with E-state index in [4.69, 9.17) is 4.74 Å². The molecule has 0 saturated carbocycles. The molecular weight excluding hydrogens is 378 g/mol. The third-order valence-corrected chi connectivity index (χ3v) is 6.57. The van der Waals surface area contributed by atoms with Crippen LogP contribution in [-0.2, 0) is 32.4 Å². The minimum atomic E-state index is -3.32. The molecule has 0 amide bonds. The number of ketones is 1. The van der Waals surface area contributed by atoms with E-state index < -0.39 is 16.0 Å². The summed E-state index contributed by atoms with van der Waals surface area (Å²) in [7, 11) is -3.32. The molecule has 2 aromatic carbocycles. The second-order valence-corrected chi connectivity index (χ2v) is 8.99. The number of ether oxygens (including phenoxy) is 1. The molecule has 0 radical (unpaired) electrons. The lowest BCUT2D eigenvalue weighted by Crippen LogP contribution is -2.30. The van der Waals surface area contributed by atoms with Gasteiger partial charge in [0, 0.05) is 12.1 Å². The zero-order valence-electron chi connectivity index (χ0n) is 16.0. The van der Waals surface area contributed by atoms with E-state index in [0.29, 0.717) is 24.2 Å². The molecule has 148 valence electrons. The summed E-state index contributed by atoms with van der Waals surface area (Å²) in [4.78, 5) is 24.3. The minimum absolute atomic E-state index is 0.0318. The van der Waals surface area contributed by atoms with Crippen LogP contribution in [0.3, 0.4) is 0 Å². The van der Waals surface area contributed by atoms with Gasteiger partial charge in [0.1, 0.15) is 0 Å². The number of hydrogen-bond donors (Lipinski definition) is 0. The third-order valence-electron chi connectivity index (χ3n) is 4.79. The summed E-state index contributed by atoms with van der Waals surface area (Å²) in [5.74, 6) is -0.736. The molecule has 0 fully saturated rings. The summed E-state index contributed by atoms with van der Waals surface area (Å²) < 4.78 is 30.8. The summed E-state index contributed by atoms with van der Waals surface area (Å²) in [6.45, 7) is 3.62. The second kappa shape index (κ2) is 8.14. The Kier molecular flexibility index (Phi) is 5.84. The molecular formula is C21H23NO5S. The number of Topliss-reactive ketones (excluding diaryl/α,β-unsaturated/α-hetero) is 1. The first kappa shape index (κ1) is 20.1. The fourth-order valence-corrected chi connectivity index (χ4v) is 4.30. The quantitative estimate of drug-likeness (QED) is 0.526. The average molecular weight is 401 g/mol. The number of fused-ring (bicyclic) bond motifs is 1. The summed E-state index contributed by atoms with van der Waals surface area (Å²) in [6.07, 6.45) is 0.671. The maximum Gasteiger partial charge on any atom is 0.310 e. The number of rotatable bonds is 7. The number of esters is 1. The maximum absolute atomic E-state index is 12.4. The van der Waals surface area contributed by atoms with E-state index in [1.54, 1.807) is 25.1 Å². The number of carbonyl (C=O) groups is 2. The summed E-state index contributed by atoms with van der Waals surface area (Å²) in [5, 5.41) is 0. The van der Waals surface area contributed by atoms with Crippen molar-refractivity contribution in [1.82, 2.24) is 0 Å². The molecule has 1 heterocycles. The molecule has 0 atom stereocenters. The van der Waals surface area contributed by atoms with Crippen LogP contribution < -0.4 is 4.31 Å². The van der Waals surface area contributed by atoms with Crippen molar-refractivity contribution in [2.75, 3.05) is 23.2 Å². The average Bonchev–Trinajstić information content (AvgIpc) is 3.12. The van der Waals surface area contributed by atoms with Crippen molar-refractivity contribution in [3.05, 3.63) is 64.7 Å². The molecule has 0 aromatic heterocycles. The van der Waals surface area contributed by atoms with Crippen LogP contribution in [0.5, 0.6) is 0 Å². The van der Waals surface area contributed by atoms with Crippen molar-refractivity contribution in [3.63, 3.8) is 0 Å². The van der Waals surface area contributed by atoms with Gasteiger partial charge in [-0.15, -0.1) is 0 Å². The molecule has 28 heavy (non-hydrogen) atoms. The Bertz CT molecular complexity index is 996. The van der Waals surface area contributed by atoms with Crippen LogP contribution >= 0.6 is 0 Å². The fourth-order valence-electron chi connectivity index (χ4n) is 3.14. The van der Waals surface area contributed by atoms with Gasteiger partial charge in [-0.25, -0.2) is 8.42 Å². The largest absolute Gasteiger partial charge is 0.457 e. The fraction of sp³-hybridized carbons (Fsp3) is 0.333. The highest BCUT2D eigenvalue weighted by molar-refractivity contribution is 7.92. The smallest absolute Gasteiger partial charge is 0.310 e. The first-order valence-corrected chi connectivity index (χ1v) is 10.8. The van der Waals surface area contributed by atoms with Crippen LogP contribution in [-0.4, -0.2) is 39.1 Å². The number of benzene rings is 2. The van der Waals surface area contributed by atoms with Crippen LogP contribution in [0.2, 0.25) is 0 Å². The van der Waals surface area contributed by atoms with Gasteiger partial charge in [0.2, 0.25) is 10.0 Å². The molecule has 2 aromatic rings. The van der Waals surface area contributed by atoms with Gasteiger partial charge in [0.05, 0.1) is 17.9 Å². The molecule has 1 aliphatic heterocycles. The third kappa shape index (κ3) is 4.42. The van der Waals surface area contributed by atoms with E-state index in [1.807, 2.05) is 31.2 Å². The van der Waals surface area contributed by atoms with Crippen LogP contribution in [0.1, 0.15) is 34.0 Å². The van der Waals surface area contributed by atoms with Gasteiger partial charge >= 0.3 is 5.97 Å². The highest BCUT2D eigenvalue weighted by Crippen LogP contribution is 2.31. The van der Waals surface area contributed by atoms with Crippen molar-refractivity contribution in [2.45, 2.75) is 26.7 Å². The zero-order valence-corrected chi connectivity index (χ0v) is 16.8. The molecule has 0 aliphatic carbocycles. The number of nitrogens with zero attached hydrogens (tertiary/aromatic N) is 1. The molecule has 6 nitrogen and oxygen atoms in total. The van der Waals surface area contributed by atoms with Crippen molar-refractivity contribution in [2.24, 2.45) is 0 Å². The predicted octanol–water partition coefficient (Wildman–Crippen LogP) is 2.68. The molecule has 0 unspecified atom stereocenters. The van der Waals surface area contributed by atoms with Crippen molar-refractivity contribution < 1.29 is 22.7 Å². The highest BCUT2D eigenvalue weighted by atomic mass is 32.2. The minimum Gasteiger partial charge on any atom is -0.457 e. The number of sulfonamides is 1. The molecule has 7 heteroatoms. The lowest BCUT2D eigenvalue weighted by molar-refractivity contribution is -0.141.